The van der Waals surface area contributed by atoms with Crippen molar-refractivity contribution in [2.75, 3.05) is 5.73 Å². The van der Waals surface area contributed by atoms with Crippen LogP contribution >= 0.6 is 0 Å². The Bertz CT molecular complexity index is 357. The van der Waals surface area contributed by atoms with Crippen LogP contribution in [-0.2, 0) is 6.18 Å². The third-order valence-electron chi connectivity index (χ3n) is 2.05. The van der Waals surface area contributed by atoms with Crippen molar-refractivity contribution in [3.05, 3.63) is 17.6 Å². The van der Waals surface area contributed by atoms with Gasteiger partial charge in [-0.3, -0.25) is 0 Å². The number of nitrogens with two attached hydrogens (primary N) is 1. The highest BCUT2D eigenvalue weighted by molar-refractivity contribution is 5.32. The molecule has 0 radical (unpaired) electrons. The van der Waals surface area contributed by atoms with Crippen LogP contribution in [-0.4, -0.2) is 9.97 Å². The van der Waals surface area contributed by atoms with Gasteiger partial charge in [-0.1, -0.05) is 0 Å². The van der Waals surface area contributed by atoms with Gasteiger partial charge in [-0.25, -0.2) is 9.97 Å². The van der Waals surface area contributed by atoms with Crippen LogP contribution in [0.1, 0.15) is 30.1 Å². The molecule has 1 heterocycles. The van der Waals surface area contributed by atoms with Crippen LogP contribution < -0.4 is 5.73 Å². The first-order valence-electron chi connectivity index (χ1n) is 4.18. The van der Waals surface area contributed by atoms with Gasteiger partial charge in [0.25, 0.3) is 0 Å². The molecule has 1 aliphatic rings. The Morgan fingerprint density at radius 2 is 2.00 bits per heavy atom. The van der Waals surface area contributed by atoms with Crippen LogP contribution in [0.3, 0.4) is 0 Å². The number of nitrogens with zero attached hydrogens (tertiary/aromatic N) is 2. The number of alkyl halides is 3. The molecule has 76 valence electrons. The summed E-state index contributed by atoms with van der Waals surface area (Å²) >= 11 is 0. The lowest BCUT2D eigenvalue weighted by atomic mass is 10.2. The van der Waals surface area contributed by atoms with Gasteiger partial charge >= 0.3 is 6.18 Å². The van der Waals surface area contributed by atoms with E-state index < -0.39 is 11.9 Å². The molecule has 14 heavy (non-hydrogen) atoms. The monoisotopic (exact) mass is 203 g/mol. The van der Waals surface area contributed by atoms with Gasteiger partial charge in [0.05, 0.1) is 11.9 Å². The largest absolute Gasteiger partial charge is 0.435 e. The van der Waals surface area contributed by atoms with E-state index in [-0.39, 0.29) is 17.4 Å². The zero-order valence-electron chi connectivity index (χ0n) is 7.17. The third-order valence-corrected chi connectivity index (χ3v) is 2.05. The Morgan fingerprint density at radius 1 is 1.36 bits per heavy atom. The first kappa shape index (κ1) is 9.23. The van der Waals surface area contributed by atoms with Crippen LogP contribution in [0.2, 0.25) is 0 Å². The van der Waals surface area contributed by atoms with Crippen molar-refractivity contribution in [3.63, 3.8) is 0 Å². The predicted octanol–water partition coefficient (Wildman–Crippen LogP) is 1.96. The molecule has 1 saturated carbocycles. The second kappa shape index (κ2) is 2.83. The molecule has 0 bridgehead atoms. The zero-order chi connectivity index (χ0) is 10.3. The van der Waals surface area contributed by atoms with Crippen LogP contribution in [0.5, 0.6) is 0 Å². The average Bonchev–Trinajstić information content (AvgIpc) is 2.83. The van der Waals surface area contributed by atoms with E-state index in [2.05, 4.69) is 9.97 Å². The minimum atomic E-state index is -4.43. The molecule has 1 aromatic heterocycles. The van der Waals surface area contributed by atoms with E-state index in [4.69, 9.17) is 5.73 Å². The van der Waals surface area contributed by atoms with E-state index in [1.165, 1.54) is 0 Å². The van der Waals surface area contributed by atoms with Gasteiger partial charge in [-0.05, 0) is 12.8 Å². The number of halogens is 3. The lowest BCUT2D eigenvalue weighted by molar-refractivity contribution is -0.142. The number of aromatic nitrogens is 2. The SMILES string of the molecule is Nc1cnc(C(F)(F)F)c(C2CC2)n1. The van der Waals surface area contributed by atoms with E-state index >= 15 is 0 Å². The topological polar surface area (TPSA) is 51.8 Å². The molecule has 0 atom stereocenters. The minimum Gasteiger partial charge on any atom is -0.382 e. The van der Waals surface area contributed by atoms with E-state index in [1.54, 1.807) is 0 Å². The molecule has 1 aromatic rings. The Labute approximate surface area is 78.2 Å². The lowest BCUT2D eigenvalue weighted by Crippen LogP contribution is -2.14. The van der Waals surface area contributed by atoms with Gasteiger partial charge < -0.3 is 5.73 Å². The molecule has 1 fully saturated rings. The number of anilines is 1. The second-order valence-electron chi connectivity index (χ2n) is 3.30. The Hall–Kier alpha value is -1.33. The molecule has 2 rings (SSSR count). The van der Waals surface area contributed by atoms with Crippen molar-refractivity contribution < 1.29 is 13.2 Å². The number of nitrogen functional groups attached to an aromatic ring is 1. The third kappa shape index (κ3) is 1.64. The predicted molar refractivity (Wildman–Crippen MR) is 43.4 cm³/mol. The van der Waals surface area contributed by atoms with Gasteiger partial charge in [0, 0.05) is 5.92 Å². The summed E-state index contributed by atoms with van der Waals surface area (Å²) in [6, 6.07) is 0. The van der Waals surface area contributed by atoms with Crippen molar-refractivity contribution in [1.29, 1.82) is 0 Å². The van der Waals surface area contributed by atoms with Crippen molar-refractivity contribution in [3.8, 4) is 0 Å². The Balaban J connectivity index is 2.47. The van der Waals surface area contributed by atoms with Crippen molar-refractivity contribution in [2.45, 2.75) is 24.9 Å². The van der Waals surface area contributed by atoms with Gasteiger partial charge in [0.15, 0.2) is 5.69 Å². The first-order chi connectivity index (χ1) is 6.48. The Kier molecular flexibility index (Phi) is 1.87. The van der Waals surface area contributed by atoms with E-state index in [9.17, 15) is 13.2 Å². The summed E-state index contributed by atoms with van der Waals surface area (Å²) in [7, 11) is 0. The smallest absolute Gasteiger partial charge is 0.382 e. The van der Waals surface area contributed by atoms with Crippen molar-refractivity contribution in [2.24, 2.45) is 0 Å². The maximum atomic E-state index is 12.4. The summed E-state index contributed by atoms with van der Waals surface area (Å²) in [6.45, 7) is 0. The highest BCUT2D eigenvalue weighted by Crippen LogP contribution is 2.44. The average molecular weight is 203 g/mol. The fourth-order valence-electron chi connectivity index (χ4n) is 1.28. The molecule has 0 spiro atoms. The lowest BCUT2D eigenvalue weighted by Gasteiger charge is -2.10. The van der Waals surface area contributed by atoms with Gasteiger partial charge in [-0.2, -0.15) is 13.2 Å². The molecule has 0 saturated heterocycles. The summed E-state index contributed by atoms with van der Waals surface area (Å²) in [5.74, 6) is -0.0671. The molecule has 0 amide bonds. The quantitative estimate of drug-likeness (QED) is 0.758. The summed E-state index contributed by atoms with van der Waals surface area (Å²) in [4.78, 5) is 7.00. The van der Waals surface area contributed by atoms with Crippen LogP contribution in [0.25, 0.3) is 0 Å². The maximum Gasteiger partial charge on any atom is 0.435 e. The van der Waals surface area contributed by atoms with Crippen LogP contribution in [0.15, 0.2) is 6.20 Å². The molecule has 0 unspecified atom stereocenters. The number of hydrogen-bond donors (Lipinski definition) is 1. The second-order valence-corrected chi connectivity index (χ2v) is 3.30. The number of hydrogen-bond acceptors (Lipinski definition) is 3. The van der Waals surface area contributed by atoms with Crippen LogP contribution in [0, 0.1) is 0 Å². The molecule has 2 N–H and O–H groups in total. The zero-order valence-corrected chi connectivity index (χ0v) is 7.17. The normalized spacial score (nSPS) is 17.1. The van der Waals surface area contributed by atoms with Gasteiger partial charge in [0.1, 0.15) is 5.82 Å². The van der Waals surface area contributed by atoms with E-state index in [0.29, 0.717) is 0 Å². The molecule has 0 aromatic carbocycles. The summed E-state index contributed by atoms with van der Waals surface area (Å²) in [5, 5.41) is 0. The highest BCUT2D eigenvalue weighted by Gasteiger charge is 2.41. The fraction of sp³-hybridized carbons (Fsp3) is 0.500. The molecular weight excluding hydrogens is 195 g/mol. The minimum absolute atomic E-state index is 0.00231. The molecular formula is C8H8F3N3. The maximum absolute atomic E-state index is 12.4. The summed E-state index contributed by atoms with van der Waals surface area (Å²) < 4.78 is 37.3. The molecule has 6 heteroatoms. The van der Waals surface area contributed by atoms with Gasteiger partial charge in [0.2, 0.25) is 0 Å². The van der Waals surface area contributed by atoms with Crippen molar-refractivity contribution in [1.82, 2.24) is 9.97 Å². The standard InChI is InChI=1S/C8H8F3N3/c9-8(10,11)7-6(4-1-2-4)14-5(12)3-13-7/h3-4H,1-2H2,(H2,12,14). The highest BCUT2D eigenvalue weighted by atomic mass is 19.4. The van der Waals surface area contributed by atoms with Crippen LogP contribution in [0.4, 0.5) is 19.0 Å². The molecule has 1 aliphatic carbocycles. The Morgan fingerprint density at radius 3 is 2.50 bits per heavy atom. The van der Waals surface area contributed by atoms with Gasteiger partial charge in [-0.15, -0.1) is 0 Å². The van der Waals surface area contributed by atoms with E-state index in [0.717, 1.165) is 19.0 Å². The van der Waals surface area contributed by atoms with E-state index in [1.807, 2.05) is 0 Å². The fourth-order valence-corrected chi connectivity index (χ4v) is 1.28. The first-order valence-corrected chi connectivity index (χ1v) is 4.18. The van der Waals surface area contributed by atoms with Crippen molar-refractivity contribution >= 4 is 5.82 Å². The summed E-state index contributed by atoms with van der Waals surface area (Å²) in [5.41, 5.74) is 4.40. The molecule has 0 aliphatic heterocycles. The number of rotatable bonds is 1. The molecule has 3 nitrogen and oxygen atoms in total. The summed E-state index contributed by atoms with van der Waals surface area (Å²) in [6.07, 6.45) is -2.02.